The van der Waals surface area contributed by atoms with Crippen LogP contribution in [0.4, 0.5) is 0 Å². The highest BCUT2D eigenvalue weighted by atomic mass is 16.6. The van der Waals surface area contributed by atoms with E-state index in [9.17, 15) is 4.79 Å². The largest absolute Gasteiger partial charge is 0.456 e. The van der Waals surface area contributed by atoms with Gasteiger partial charge in [0.05, 0.1) is 5.56 Å². The molecule has 0 aromatic heterocycles. The monoisotopic (exact) mass is 388 g/mol. The van der Waals surface area contributed by atoms with Crippen molar-refractivity contribution < 1.29 is 14.3 Å². The van der Waals surface area contributed by atoms with E-state index in [1.807, 2.05) is 102 Å². The summed E-state index contributed by atoms with van der Waals surface area (Å²) in [6.45, 7) is 12.0. The summed E-state index contributed by atoms with van der Waals surface area (Å²) >= 11 is 0. The van der Waals surface area contributed by atoms with Crippen LogP contribution in [0.2, 0.25) is 0 Å². The van der Waals surface area contributed by atoms with Gasteiger partial charge in [-0.2, -0.15) is 0 Å². The van der Waals surface area contributed by atoms with Crippen molar-refractivity contribution in [2.24, 2.45) is 0 Å². The van der Waals surface area contributed by atoms with Gasteiger partial charge in [0.25, 0.3) is 0 Å². The van der Waals surface area contributed by atoms with E-state index in [1.54, 1.807) is 0 Å². The Bertz CT molecular complexity index is 998. The maximum Gasteiger partial charge on any atom is 0.340 e. The van der Waals surface area contributed by atoms with Gasteiger partial charge in [-0.25, -0.2) is 4.79 Å². The molecule has 0 amide bonds. The highest BCUT2D eigenvalue weighted by Gasteiger charge is 2.53. The summed E-state index contributed by atoms with van der Waals surface area (Å²) in [6, 6.07) is 19.7. The molecule has 0 radical (unpaired) electrons. The molecule has 0 N–H and O–H groups in total. The van der Waals surface area contributed by atoms with E-state index in [2.05, 4.69) is 0 Å². The van der Waals surface area contributed by atoms with E-state index < -0.39 is 5.60 Å². The second kappa shape index (κ2) is 8.12. The molecule has 3 aromatic carbocycles. The Morgan fingerprint density at radius 2 is 1.21 bits per heavy atom. The highest BCUT2D eigenvalue weighted by Crippen LogP contribution is 2.56. The number of carbonyl (C=O) groups excluding carboxylic acids is 1. The first-order chi connectivity index (χ1) is 14.1. The fourth-order valence-electron chi connectivity index (χ4n) is 3.89. The number of rotatable bonds is 0. The van der Waals surface area contributed by atoms with E-state index >= 15 is 0 Å². The molecule has 3 nitrogen and oxygen atoms in total. The number of hydrogen-bond donors (Lipinski definition) is 0. The van der Waals surface area contributed by atoms with Crippen molar-refractivity contribution in [2.45, 2.75) is 47.1 Å². The minimum absolute atomic E-state index is 0.296. The summed E-state index contributed by atoms with van der Waals surface area (Å²) in [5.74, 6) is 1.18. The van der Waals surface area contributed by atoms with Gasteiger partial charge in [0, 0.05) is 16.7 Å². The Morgan fingerprint density at radius 3 is 1.76 bits per heavy atom. The van der Waals surface area contributed by atoms with Crippen LogP contribution in [-0.4, -0.2) is 5.97 Å². The quantitative estimate of drug-likeness (QED) is 0.392. The molecule has 0 unspecified atom stereocenters. The molecule has 1 spiro atoms. The number of aryl methyl sites for hydroxylation is 2. The smallest absolute Gasteiger partial charge is 0.340 e. The van der Waals surface area contributed by atoms with Crippen LogP contribution >= 0.6 is 0 Å². The van der Waals surface area contributed by atoms with Gasteiger partial charge in [-0.15, -0.1) is 0 Å². The minimum atomic E-state index is -0.946. The molecule has 150 valence electrons. The number of carbonyl (C=O) groups is 1. The lowest BCUT2D eigenvalue weighted by atomic mass is 9.77. The summed E-state index contributed by atoms with van der Waals surface area (Å²) < 4.78 is 12.3. The predicted octanol–water partition coefficient (Wildman–Crippen LogP) is 6.92. The topological polar surface area (TPSA) is 35.5 Å². The first-order valence-corrected chi connectivity index (χ1v) is 10.3. The fraction of sp³-hybridized carbons (Fsp3) is 0.269. The molecule has 5 rings (SSSR count). The summed E-state index contributed by atoms with van der Waals surface area (Å²) in [6.07, 6.45) is 0. The number of benzene rings is 3. The van der Waals surface area contributed by atoms with E-state index in [1.165, 1.54) is 0 Å². The Hall–Kier alpha value is -3.07. The summed E-state index contributed by atoms with van der Waals surface area (Å²) in [5.41, 5.74) is 4.48. The van der Waals surface area contributed by atoms with Crippen LogP contribution in [0.3, 0.4) is 0 Å². The molecular formula is C26H28O3. The number of fused-ring (bicyclic) bond motifs is 6. The standard InChI is InChI=1S/C22H16O3.2C2H6/c1-13-7-9-17-19(11-13)24-20-12-14(2)8-10-18(20)22(17)16-6-4-3-5-15(16)21(23)25-22;2*1-2/h3-12H,1-2H3;2*1-2H3. The minimum Gasteiger partial charge on any atom is -0.456 e. The summed E-state index contributed by atoms with van der Waals surface area (Å²) in [7, 11) is 0. The van der Waals surface area contributed by atoms with Crippen LogP contribution in [0.1, 0.15) is 65.9 Å². The molecule has 0 fully saturated rings. The number of hydrogen-bond acceptors (Lipinski definition) is 3. The van der Waals surface area contributed by atoms with Crippen LogP contribution in [0.5, 0.6) is 11.5 Å². The Kier molecular flexibility index (Phi) is 5.78. The molecule has 0 atom stereocenters. The lowest BCUT2D eigenvalue weighted by Crippen LogP contribution is -2.33. The zero-order chi connectivity index (χ0) is 21.2. The molecule has 0 saturated heterocycles. The first kappa shape index (κ1) is 20.7. The van der Waals surface area contributed by atoms with Crippen molar-refractivity contribution in [3.63, 3.8) is 0 Å². The SMILES string of the molecule is CC.CC.Cc1ccc2c(c1)Oc1cc(C)ccc1C21OC(=O)c2ccccc21. The van der Waals surface area contributed by atoms with Gasteiger partial charge in [0.2, 0.25) is 0 Å². The molecule has 0 bridgehead atoms. The third-order valence-corrected chi connectivity index (χ3v) is 5.02. The average Bonchev–Trinajstić information content (AvgIpc) is 3.04. The van der Waals surface area contributed by atoms with Crippen molar-refractivity contribution in [2.75, 3.05) is 0 Å². The Morgan fingerprint density at radius 1 is 0.690 bits per heavy atom. The molecule has 2 aliphatic rings. The molecule has 3 aromatic rings. The third-order valence-electron chi connectivity index (χ3n) is 5.02. The van der Waals surface area contributed by atoms with Crippen LogP contribution in [0.15, 0.2) is 60.7 Å². The second-order valence-electron chi connectivity index (χ2n) is 6.72. The lowest BCUT2D eigenvalue weighted by molar-refractivity contribution is 0.0224. The van der Waals surface area contributed by atoms with Gasteiger partial charge in [0.15, 0.2) is 5.60 Å². The van der Waals surface area contributed by atoms with Gasteiger partial charge in [-0.3, -0.25) is 0 Å². The van der Waals surface area contributed by atoms with Crippen LogP contribution in [0, 0.1) is 13.8 Å². The normalized spacial score (nSPS) is 14.1. The zero-order valence-electron chi connectivity index (χ0n) is 18.0. The summed E-state index contributed by atoms with van der Waals surface area (Å²) in [4.78, 5) is 12.6. The van der Waals surface area contributed by atoms with Gasteiger partial charge in [0.1, 0.15) is 11.5 Å². The summed E-state index contributed by atoms with van der Waals surface area (Å²) in [5, 5.41) is 0. The lowest BCUT2D eigenvalue weighted by Gasteiger charge is -2.36. The van der Waals surface area contributed by atoms with Gasteiger partial charge < -0.3 is 9.47 Å². The van der Waals surface area contributed by atoms with E-state index in [4.69, 9.17) is 9.47 Å². The second-order valence-corrected chi connectivity index (χ2v) is 6.72. The zero-order valence-corrected chi connectivity index (χ0v) is 18.0. The van der Waals surface area contributed by atoms with Gasteiger partial charge >= 0.3 is 5.97 Å². The average molecular weight is 389 g/mol. The van der Waals surface area contributed by atoms with Gasteiger partial charge in [-0.05, 0) is 43.2 Å². The predicted molar refractivity (Wildman–Crippen MR) is 117 cm³/mol. The van der Waals surface area contributed by atoms with Crippen molar-refractivity contribution in [1.82, 2.24) is 0 Å². The molecular weight excluding hydrogens is 360 g/mol. The maximum absolute atomic E-state index is 12.6. The molecule has 0 saturated carbocycles. The van der Waals surface area contributed by atoms with Crippen LogP contribution in [0.25, 0.3) is 0 Å². The fourth-order valence-corrected chi connectivity index (χ4v) is 3.89. The third kappa shape index (κ3) is 3.11. The van der Waals surface area contributed by atoms with E-state index in [-0.39, 0.29) is 5.97 Å². The number of esters is 1. The van der Waals surface area contributed by atoms with Crippen LogP contribution < -0.4 is 4.74 Å². The molecule has 0 aliphatic carbocycles. The highest BCUT2D eigenvalue weighted by molar-refractivity contribution is 5.97. The molecule has 29 heavy (non-hydrogen) atoms. The van der Waals surface area contributed by atoms with Crippen molar-refractivity contribution >= 4 is 5.97 Å². The maximum atomic E-state index is 12.6. The Balaban J connectivity index is 0.000000568. The van der Waals surface area contributed by atoms with E-state index in [0.717, 1.165) is 39.3 Å². The molecule has 2 heterocycles. The van der Waals surface area contributed by atoms with Gasteiger partial charge in [-0.1, -0.05) is 70.2 Å². The molecule has 2 aliphatic heterocycles. The first-order valence-electron chi connectivity index (χ1n) is 10.3. The Labute approximate surface area is 173 Å². The van der Waals surface area contributed by atoms with Crippen molar-refractivity contribution in [3.05, 3.63) is 94.0 Å². The molecule has 3 heteroatoms. The van der Waals surface area contributed by atoms with E-state index in [0.29, 0.717) is 5.56 Å². The van der Waals surface area contributed by atoms with Crippen LogP contribution in [-0.2, 0) is 10.3 Å². The van der Waals surface area contributed by atoms with Crippen molar-refractivity contribution in [1.29, 1.82) is 0 Å². The number of ether oxygens (including phenoxy) is 2. The van der Waals surface area contributed by atoms with Crippen molar-refractivity contribution in [3.8, 4) is 11.5 Å².